The summed E-state index contributed by atoms with van der Waals surface area (Å²) in [5, 5.41) is 8.59. The first-order chi connectivity index (χ1) is 8.65. The smallest absolute Gasteiger partial charge is 0.337 e. The second-order valence-corrected chi connectivity index (χ2v) is 4.32. The van der Waals surface area contributed by atoms with Gasteiger partial charge in [-0.25, -0.2) is 4.79 Å². The van der Waals surface area contributed by atoms with Gasteiger partial charge in [0.15, 0.2) is 0 Å². The highest BCUT2D eigenvalue weighted by molar-refractivity contribution is 5.89. The predicted octanol–water partition coefficient (Wildman–Crippen LogP) is 1.34. The van der Waals surface area contributed by atoms with E-state index in [2.05, 4.69) is 6.58 Å². The van der Waals surface area contributed by atoms with Gasteiger partial charge in [-0.05, 0) is 32.1 Å². The standard InChI is InChI=1S/C13H20O5/c1-10(13(16)17-9-5-4-8-14)11-6-2-3-7-12(15)18-11/h11,14H,1-9H2. The molecule has 0 amide bonds. The highest BCUT2D eigenvalue weighted by Crippen LogP contribution is 2.20. The highest BCUT2D eigenvalue weighted by atomic mass is 16.6. The number of cyclic esters (lactones) is 1. The van der Waals surface area contributed by atoms with Gasteiger partial charge in [-0.2, -0.15) is 0 Å². The zero-order chi connectivity index (χ0) is 13.4. The van der Waals surface area contributed by atoms with E-state index in [1.165, 1.54) is 0 Å². The number of esters is 2. The van der Waals surface area contributed by atoms with E-state index < -0.39 is 12.1 Å². The van der Waals surface area contributed by atoms with Crippen LogP contribution < -0.4 is 0 Å². The lowest BCUT2D eigenvalue weighted by Gasteiger charge is -2.16. The van der Waals surface area contributed by atoms with E-state index in [0.717, 1.165) is 12.8 Å². The normalized spacial score (nSPS) is 19.8. The summed E-state index contributed by atoms with van der Waals surface area (Å²) >= 11 is 0. The van der Waals surface area contributed by atoms with E-state index in [1.807, 2.05) is 0 Å². The fourth-order valence-electron chi connectivity index (χ4n) is 1.72. The number of carbonyl (C=O) groups excluding carboxylic acids is 2. The minimum atomic E-state index is -0.551. The summed E-state index contributed by atoms with van der Waals surface area (Å²) in [6.07, 6.45) is 3.30. The van der Waals surface area contributed by atoms with Crippen LogP contribution in [-0.4, -0.2) is 36.4 Å². The molecule has 0 radical (unpaired) electrons. The second-order valence-electron chi connectivity index (χ2n) is 4.32. The van der Waals surface area contributed by atoms with Crippen LogP contribution in [0.2, 0.25) is 0 Å². The Morgan fingerprint density at radius 1 is 1.44 bits per heavy atom. The van der Waals surface area contributed by atoms with Crippen LogP contribution in [0.3, 0.4) is 0 Å². The number of unbranched alkanes of at least 4 members (excludes halogenated alkanes) is 1. The van der Waals surface area contributed by atoms with Gasteiger partial charge in [0.05, 0.1) is 12.2 Å². The first-order valence-corrected chi connectivity index (χ1v) is 6.31. The van der Waals surface area contributed by atoms with Crippen LogP contribution in [0.5, 0.6) is 0 Å². The van der Waals surface area contributed by atoms with Gasteiger partial charge in [0.2, 0.25) is 0 Å². The van der Waals surface area contributed by atoms with Crippen LogP contribution in [-0.2, 0) is 19.1 Å². The predicted molar refractivity (Wildman–Crippen MR) is 64.8 cm³/mol. The number of aliphatic hydroxyl groups excluding tert-OH is 1. The molecular formula is C13H20O5. The van der Waals surface area contributed by atoms with Gasteiger partial charge in [0, 0.05) is 13.0 Å². The van der Waals surface area contributed by atoms with Crippen molar-refractivity contribution in [1.82, 2.24) is 0 Å². The van der Waals surface area contributed by atoms with E-state index in [-0.39, 0.29) is 24.8 Å². The zero-order valence-corrected chi connectivity index (χ0v) is 10.5. The Morgan fingerprint density at radius 3 is 2.94 bits per heavy atom. The van der Waals surface area contributed by atoms with Gasteiger partial charge < -0.3 is 14.6 Å². The molecule has 0 aromatic carbocycles. The lowest BCUT2D eigenvalue weighted by atomic mass is 10.1. The molecule has 1 unspecified atom stereocenters. The van der Waals surface area contributed by atoms with Gasteiger partial charge in [0.25, 0.3) is 0 Å². The van der Waals surface area contributed by atoms with Crippen molar-refractivity contribution >= 4 is 11.9 Å². The molecule has 102 valence electrons. The molecular weight excluding hydrogens is 236 g/mol. The maximum absolute atomic E-state index is 11.6. The van der Waals surface area contributed by atoms with Gasteiger partial charge >= 0.3 is 11.9 Å². The van der Waals surface area contributed by atoms with Crippen molar-refractivity contribution in [3.8, 4) is 0 Å². The Morgan fingerprint density at radius 2 is 2.22 bits per heavy atom. The third kappa shape index (κ3) is 4.87. The van der Waals surface area contributed by atoms with Crippen molar-refractivity contribution in [3.63, 3.8) is 0 Å². The number of rotatable bonds is 6. The minimum Gasteiger partial charge on any atom is -0.462 e. The van der Waals surface area contributed by atoms with Crippen molar-refractivity contribution in [3.05, 3.63) is 12.2 Å². The molecule has 5 heteroatoms. The number of carbonyl (C=O) groups is 2. The molecule has 0 saturated carbocycles. The average Bonchev–Trinajstić information content (AvgIpc) is 2.58. The van der Waals surface area contributed by atoms with E-state index in [1.54, 1.807) is 0 Å². The number of ether oxygens (including phenoxy) is 2. The van der Waals surface area contributed by atoms with Crippen LogP contribution >= 0.6 is 0 Å². The third-order valence-corrected chi connectivity index (χ3v) is 2.81. The maximum Gasteiger partial charge on any atom is 0.337 e. The Hall–Kier alpha value is -1.36. The first kappa shape index (κ1) is 14.7. The molecule has 1 N–H and O–H groups in total. The monoisotopic (exact) mass is 256 g/mol. The molecule has 0 spiro atoms. The van der Waals surface area contributed by atoms with Crippen LogP contribution in [0, 0.1) is 0 Å². The fourth-order valence-corrected chi connectivity index (χ4v) is 1.72. The van der Waals surface area contributed by atoms with E-state index in [0.29, 0.717) is 25.7 Å². The SMILES string of the molecule is C=C(C(=O)OCCCCO)C1CCCCC(=O)O1. The Balaban J connectivity index is 2.37. The second kappa shape index (κ2) is 7.87. The Labute approximate surface area is 107 Å². The van der Waals surface area contributed by atoms with Gasteiger partial charge in [-0.1, -0.05) is 6.58 Å². The fraction of sp³-hybridized carbons (Fsp3) is 0.692. The van der Waals surface area contributed by atoms with Crippen LogP contribution in [0.25, 0.3) is 0 Å². The molecule has 1 saturated heterocycles. The van der Waals surface area contributed by atoms with Crippen LogP contribution in [0.4, 0.5) is 0 Å². The van der Waals surface area contributed by atoms with Crippen molar-refractivity contribution in [2.45, 2.75) is 44.6 Å². The maximum atomic E-state index is 11.6. The van der Waals surface area contributed by atoms with Crippen molar-refractivity contribution < 1.29 is 24.2 Å². The summed E-state index contributed by atoms with van der Waals surface area (Å²) in [5.41, 5.74) is 0.203. The van der Waals surface area contributed by atoms with Gasteiger partial charge in [-0.15, -0.1) is 0 Å². The molecule has 0 aliphatic carbocycles. The minimum absolute atomic E-state index is 0.0821. The van der Waals surface area contributed by atoms with E-state index in [4.69, 9.17) is 14.6 Å². The first-order valence-electron chi connectivity index (χ1n) is 6.31. The zero-order valence-electron chi connectivity index (χ0n) is 10.5. The van der Waals surface area contributed by atoms with Crippen molar-refractivity contribution in [2.24, 2.45) is 0 Å². The number of hydrogen-bond donors (Lipinski definition) is 1. The molecule has 1 fully saturated rings. The van der Waals surface area contributed by atoms with Gasteiger partial charge in [0.1, 0.15) is 6.10 Å². The molecule has 1 aliphatic rings. The van der Waals surface area contributed by atoms with Crippen molar-refractivity contribution in [1.29, 1.82) is 0 Å². The molecule has 0 bridgehead atoms. The molecule has 1 heterocycles. The van der Waals surface area contributed by atoms with Crippen molar-refractivity contribution in [2.75, 3.05) is 13.2 Å². The molecule has 1 aliphatic heterocycles. The Kier molecular flexibility index (Phi) is 6.43. The van der Waals surface area contributed by atoms with Crippen LogP contribution in [0.15, 0.2) is 12.2 Å². The molecule has 0 aromatic heterocycles. The molecule has 1 atom stereocenters. The lowest BCUT2D eigenvalue weighted by Crippen LogP contribution is -2.24. The highest BCUT2D eigenvalue weighted by Gasteiger charge is 2.25. The topological polar surface area (TPSA) is 72.8 Å². The average molecular weight is 256 g/mol. The van der Waals surface area contributed by atoms with E-state index >= 15 is 0 Å². The number of hydrogen-bond acceptors (Lipinski definition) is 5. The summed E-state index contributed by atoms with van der Waals surface area (Å²) < 4.78 is 10.1. The summed E-state index contributed by atoms with van der Waals surface area (Å²) in [5.74, 6) is -0.806. The lowest BCUT2D eigenvalue weighted by molar-refractivity contribution is -0.148. The molecule has 5 nitrogen and oxygen atoms in total. The Bertz CT molecular complexity index is 311. The summed E-state index contributed by atoms with van der Waals surface area (Å²) in [6, 6.07) is 0. The molecule has 0 aromatic rings. The summed E-state index contributed by atoms with van der Waals surface area (Å²) in [6.45, 7) is 3.98. The summed E-state index contributed by atoms with van der Waals surface area (Å²) in [7, 11) is 0. The quantitative estimate of drug-likeness (QED) is 0.441. The third-order valence-electron chi connectivity index (χ3n) is 2.81. The van der Waals surface area contributed by atoms with Gasteiger partial charge in [-0.3, -0.25) is 4.79 Å². The molecule has 1 rings (SSSR count). The molecule has 18 heavy (non-hydrogen) atoms. The van der Waals surface area contributed by atoms with E-state index in [9.17, 15) is 9.59 Å². The van der Waals surface area contributed by atoms with Crippen LogP contribution in [0.1, 0.15) is 38.5 Å². The summed E-state index contributed by atoms with van der Waals surface area (Å²) in [4.78, 5) is 22.9. The largest absolute Gasteiger partial charge is 0.462 e. The number of aliphatic hydroxyl groups is 1.